The number of ether oxygens (including phenoxy) is 1. The van der Waals surface area contributed by atoms with Crippen LogP contribution in [0.2, 0.25) is 0 Å². The van der Waals surface area contributed by atoms with E-state index in [2.05, 4.69) is 5.32 Å². The first-order chi connectivity index (χ1) is 10.3. The Morgan fingerprint density at radius 1 is 1.24 bits per heavy atom. The van der Waals surface area contributed by atoms with Crippen molar-refractivity contribution in [2.45, 2.75) is 6.04 Å². The Morgan fingerprint density at radius 2 is 2.00 bits per heavy atom. The molecule has 1 N–H and O–H groups in total. The fourth-order valence-corrected chi connectivity index (χ4v) is 3.32. The van der Waals surface area contributed by atoms with Crippen molar-refractivity contribution in [2.24, 2.45) is 0 Å². The zero-order chi connectivity index (χ0) is 14.7. The third-order valence-electron chi connectivity index (χ3n) is 3.83. The number of rotatable bonds is 2. The van der Waals surface area contributed by atoms with Gasteiger partial charge in [0.15, 0.2) is 0 Å². The van der Waals surface area contributed by atoms with E-state index >= 15 is 0 Å². The van der Waals surface area contributed by atoms with Crippen LogP contribution in [-0.4, -0.2) is 73.6 Å². The molecule has 1 aromatic heterocycles. The van der Waals surface area contributed by atoms with E-state index in [1.54, 1.807) is 0 Å². The van der Waals surface area contributed by atoms with Gasteiger partial charge in [0, 0.05) is 32.7 Å². The quantitative estimate of drug-likeness (QED) is 0.837. The van der Waals surface area contributed by atoms with E-state index < -0.39 is 0 Å². The van der Waals surface area contributed by atoms with Crippen molar-refractivity contribution in [2.75, 3.05) is 45.9 Å². The third-order valence-corrected chi connectivity index (χ3v) is 4.69. The summed E-state index contributed by atoms with van der Waals surface area (Å²) in [6.07, 6.45) is 0. The van der Waals surface area contributed by atoms with Crippen LogP contribution in [0.5, 0.6) is 0 Å². The van der Waals surface area contributed by atoms with Crippen molar-refractivity contribution in [3.05, 3.63) is 22.4 Å². The molecule has 2 aliphatic rings. The van der Waals surface area contributed by atoms with Crippen LogP contribution in [0.3, 0.4) is 0 Å². The topological polar surface area (TPSA) is 61.9 Å². The summed E-state index contributed by atoms with van der Waals surface area (Å²) in [4.78, 5) is 29.0. The maximum Gasteiger partial charge on any atom is 0.264 e. The molecule has 2 fully saturated rings. The van der Waals surface area contributed by atoms with Crippen LogP contribution in [-0.2, 0) is 9.53 Å². The first kappa shape index (κ1) is 14.5. The summed E-state index contributed by atoms with van der Waals surface area (Å²) in [5.74, 6) is 0.147. The average Bonchev–Trinajstić information content (AvgIpc) is 3.09. The fraction of sp³-hybridized carbons (Fsp3) is 0.571. The van der Waals surface area contributed by atoms with Gasteiger partial charge >= 0.3 is 0 Å². The highest BCUT2D eigenvalue weighted by Crippen LogP contribution is 2.14. The predicted molar refractivity (Wildman–Crippen MR) is 79.4 cm³/mol. The van der Waals surface area contributed by atoms with Crippen LogP contribution in [0.25, 0.3) is 0 Å². The lowest BCUT2D eigenvalue weighted by molar-refractivity contribution is -0.137. The molecule has 0 aromatic carbocycles. The van der Waals surface area contributed by atoms with Crippen molar-refractivity contribution in [1.29, 1.82) is 0 Å². The Morgan fingerprint density at radius 3 is 2.62 bits per heavy atom. The molecule has 0 bridgehead atoms. The number of nitrogens with one attached hydrogen (secondary N) is 1. The molecule has 0 aliphatic carbocycles. The van der Waals surface area contributed by atoms with Gasteiger partial charge in [0.25, 0.3) is 5.91 Å². The van der Waals surface area contributed by atoms with Crippen LogP contribution in [0, 0.1) is 0 Å². The molecular weight excluding hydrogens is 290 g/mol. The van der Waals surface area contributed by atoms with Gasteiger partial charge in [-0.15, -0.1) is 11.3 Å². The number of carbonyl (C=O) groups excluding carboxylic acids is 2. The highest BCUT2D eigenvalue weighted by molar-refractivity contribution is 7.12. The first-order valence-corrected chi connectivity index (χ1v) is 8.06. The van der Waals surface area contributed by atoms with Gasteiger partial charge in [0.2, 0.25) is 5.91 Å². The molecule has 2 saturated heterocycles. The lowest BCUT2D eigenvalue weighted by Gasteiger charge is -2.37. The maximum atomic E-state index is 12.3. The maximum absolute atomic E-state index is 12.3. The Hall–Kier alpha value is -1.44. The summed E-state index contributed by atoms with van der Waals surface area (Å²) >= 11 is 1.46. The van der Waals surface area contributed by atoms with E-state index in [0.29, 0.717) is 45.9 Å². The van der Waals surface area contributed by atoms with Crippen LogP contribution in [0.4, 0.5) is 0 Å². The number of piperazine rings is 1. The Balaban J connectivity index is 1.52. The SMILES string of the molecule is O=C(c1cccs1)N1CCN(C(=O)C2COCCN2)CC1. The van der Waals surface area contributed by atoms with Crippen molar-refractivity contribution in [1.82, 2.24) is 15.1 Å². The number of thiophene rings is 1. The summed E-state index contributed by atoms with van der Waals surface area (Å²) < 4.78 is 5.33. The van der Waals surface area contributed by atoms with Crippen molar-refractivity contribution in [3.8, 4) is 0 Å². The van der Waals surface area contributed by atoms with E-state index in [1.807, 2.05) is 27.3 Å². The molecule has 6 nitrogen and oxygen atoms in total. The fourth-order valence-electron chi connectivity index (χ4n) is 2.63. The van der Waals surface area contributed by atoms with Gasteiger partial charge < -0.3 is 19.9 Å². The molecule has 21 heavy (non-hydrogen) atoms. The normalized spacial score (nSPS) is 23.1. The summed E-state index contributed by atoms with van der Waals surface area (Å²) in [6, 6.07) is 3.48. The second kappa shape index (κ2) is 6.55. The molecule has 7 heteroatoms. The summed E-state index contributed by atoms with van der Waals surface area (Å²) in [5, 5.41) is 5.08. The Labute approximate surface area is 127 Å². The predicted octanol–water partition coefficient (Wildman–Crippen LogP) is 0.0209. The number of amides is 2. The average molecular weight is 309 g/mol. The minimum absolute atomic E-state index is 0.0659. The molecule has 1 aromatic rings. The summed E-state index contributed by atoms with van der Waals surface area (Å²) in [7, 11) is 0. The zero-order valence-corrected chi connectivity index (χ0v) is 12.6. The number of hydrogen-bond acceptors (Lipinski definition) is 5. The van der Waals surface area contributed by atoms with Gasteiger partial charge in [0.1, 0.15) is 6.04 Å². The monoisotopic (exact) mass is 309 g/mol. The largest absolute Gasteiger partial charge is 0.378 e. The summed E-state index contributed by atoms with van der Waals surface area (Å²) in [5.41, 5.74) is 0. The van der Waals surface area contributed by atoms with E-state index in [4.69, 9.17) is 4.74 Å². The second-order valence-electron chi connectivity index (χ2n) is 5.18. The molecule has 1 atom stereocenters. The minimum Gasteiger partial charge on any atom is -0.378 e. The van der Waals surface area contributed by atoms with Gasteiger partial charge in [-0.25, -0.2) is 0 Å². The smallest absolute Gasteiger partial charge is 0.264 e. The van der Waals surface area contributed by atoms with E-state index in [1.165, 1.54) is 11.3 Å². The second-order valence-corrected chi connectivity index (χ2v) is 6.12. The Kier molecular flexibility index (Phi) is 4.52. The highest BCUT2D eigenvalue weighted by Gasteiger charge is 2.30. The Bertz CT molecular complexity index is 492. The molecule has 0 radical (unpaired) electrons. The number of nitrogens with zero attached hydrogens (tertiary/aromatic N) is 2. The first-order valence-electron chi connectivity index (χ1n) is 7.18. The zero-order valence-electron chi connectivity index (χ0n) is 11.8. The number of carbonyl (C=O) groups is 2. The van der Waals surface area contributed by atoms with Crippen molar-refractivity contribution in [3.63, 3.8) is 0 Å². The molecule has 0 saturated carbocycles. The standard InChI is InChI=1S/C14H19N3O3S/c18-13(11-10-20-8-3-15-11)16-4-6-17(7-5-16)14(19)12-2-1-9-21-12/h1-2,9,11,15H,3-8,10H2. The molecule has 3 rings (SSSR count). The molecule has 2 amide bonds. The van der Waals surface area contributed by atoms with Gasteiger partial charge in [-0.1, -0.05) is 6.07 Å². The van der Waals surface area contributed by atoms with Crippen LogP contribution < -0.4 is 5.32 Å². The number of hydrogen-bond donors (Lipinski definition) is 1. The van der Waals surface area contributed by atoms with E-state index in [9.17, 15) is 9.59 Å². The molecular formula is C14H19N3O3S. The minimum atomic E-state index is -0.238. The van der Waals surface area contributed by atoms with Crippen molar-refractivity contribution >= 4 is 23.2 Å². The van der Waals surface area contributed by atoms with Crippen LogP contribution in [0.1, 0.15) is 9.67 Å². The van der Waals surface area contributed by atoms with Crippen LogP contribution in [0.15, 0.2) is 17.5 Å². The van der Waals surface area contributed by atoms with Crippen LogP contribution >= 0.6 is 11.3 Å². The van der Waals surface area contributed by atoms with E-state index in [0.717, 1.165) is 4.88 Å². The van der Waals surface area contributed by atoms with Gasteiger partial charge in [-0.05, 0) is 11.4 Å². The molecule has 3 heterocycles. The molecule has 1 unspecified atom stereocenters. The van der Waals surface area contributed by atoms with Gasteiger partial charge in [-0.3, -0.25) is 9.59 Å². The lowest BCUT2D eigenvalue weighted by Crippen LogP contribution is -2.57. The summed E-state index contributed by atoms with van der Waals surface area (Å²) in [6.45, 7) is 4.18. The van der Waals surface area contributed by atoms with Gasteiger partial charge in [-0.2, -0.15) is 0 Å². The van der Waals surface area contributed by atoms with E-state index in [-0.39, 0.29) is 17.9 Å². The van der Waals surface area contributed by atoms with Crippen molar-refractivity contribution < 1.29 is 14.3 Å². The lowest BCUT2D eigenvalue weighted by atomic mass is 10.2. The molecule has 114 valence electrons. The number of morpholine rings is 1. The molecule has 0 spiro atoms. The van der Waals surface area contributed by atoms with Gasteiger partial charge in [0.05, 0.1) is 18.1 Å². The third kappa shape index (κ3) is 3.25. The molecule has 2 aliphatic heterocycles. The highest BCUT2D eigenvalue weighted by atomic mass is 32.1.